The van der Waals surface area contributed by atoms with Crippen molar-refractivity contribution in [3.05, 3.63) is 16.1 Å². The molecule has 2 fully saturated rings. The molecule has 1 heterocycles. The molecule has 1 aromatic heterocycles. The lowest BCUT2D eigenvalue weighted by molar-refractivity contribution is -0.137. The quantitative estimate of drug-likeness (QED) is 0.902. The Morgan fingerprint density at radius 2 is 1.95 bits per heavy atom. The van der Waals surface area contributed by atoms with Crippen molar-refractivity contribution in [2.45, 2.75) is 56.7 Å². The van der Waals surface area contributed by atoms with E-state index < -0.39 is 11.2 Å². The first-order valence-electron chi connectivity index (χ1n) is 7.30. The number of hydrogen-bond acceptors (Lipinski definition) is 3. The van der Waals surface area contributed by atoms with E-state index in [0.29, 0.717) is 12.0 Å². The molecule has 0 saturated heterocycles. The van der Waals surface area contributed by atoms with Crippen LogP contribution >= 0.6 is 11.3 Å². The summed E-state index contributed by atoms with van der Waals surface area (Å²) in [6, 6.07) is 0.657. The Morgan fingerprint density at radius 1 is 1.20 bits per heavy atom. The molecule has 0 bridgehead atoms. The number of thiazole rings is 1. The van der Waals surface area contributed by atoms with Crippen molar-refractivity contribution in [2.75, 3.05) is 6.54 Å². The largest absolute Gasteiger partial charge is 0.443 e. The third-order valence-electron chi connectivity index (χ3n) is 4.29. The van der Waals surface area contributed by atoms with Gasteiger partial charge in [-0.15, -0.1) is 11.3 Å². The van der Waals surface area contributed by atoms with E-state index in [4.69, 9.17) is 0 Å². The van der Waals surface area contributed by atoms with Gasteiger partial charge in [0.25, 0.3) is 0 Å². The summed E-state index contributed by atoms with van der Waals surface area (Å²) < 4.78 is 38.0. The molecule has 2 saturated carbocycles. The first-order valence-corrected chi connectivity index (χ1v) is 8.12. The molecule has 3 rings (SSSR count). The van der Waals surface area contributed by atoms with E-state index in [9.17, 15) is 13.2 Å². The van der Waals surface area contributed by atoms with Crippen molar-refractivity contribution >= 4 is 11.3 Å². The van der Waals surface area contributed by atoms with Gasteiger partial charge < -0.3 is 5.32 Å². The average Bonchev–Trinajstić information content (AvgIpc) is 3.09. The topological polar surface area (TPSA) is 24.9 Å². The summed E-state index contributed by atoms with van der Waals surface area (Å²) in [5, 5.41) is 2.82. The van der Waals surface area contributed by atoms with Crippen LogP contribution in [0.3, 0.4) is 0 Å². The van der Waals surface area contributed by atoms with Crippen LogP contribution in [-0.2, 0) is 6.18 Å². The summed E-state index contributed by atoms with van der Waals surface area (Å²) in [5.74, 6) is 0.717. The number of nitrogens with zero attached hydrogens (tertiary/aromatic N) is 1. The first kappa shape index (κ1) is 14.3. The van der Waals surface area contributed by atoms with Gasteiger partial charge in [0.15, 0.2) is 5.01 Å². The molecule has 1 N–H and O–H groups in total. The molecule has 0 aromatic carbocycles. The highest BCUT2D eigenvalue weighted by atomic mass is 32.1. The van der Waals surface area contributed by atoms with Gasteiger partial charge in [0.2, 0.25) is 0 Å². The number of halogens is 3. The minimum Gasteiger partial charge on any atom is -0.314 e. The summed E-state index contributed by atoms with van der Waals surface area (Å²) >= 11 is 0.836. The van der Waals surface area contributed by atoms with Gasteiger partial charge in [0, 0.05) is 17.1 Å². The van der Waals surface area contributed by atoms with Crippen LogP contribution < -0.4 is 5.32 Å². The molecule has 20 heavy (non-hydrogen) atoms. The molecule has 6 heteroatoms. The maximum atomic E-state index is 12.7. The van der Waals surface area contributed by atoms with E-state index in [1.54, 1.807) is 0 Å². The van der Waals surface area contributed by atoms with Crippen molar-refractivity contribution in [3.63, 3.8) is 0 Å². The van der Waals surface area contributed by atoms with Crippen molar-refractivity contribution in [3.8, 4) is 0 Å². The molecule has 0 spiro atoms. The van der Waals surface area contributed by atoms with Crippen LogP contribution in [-0.4, -0.2) is 17.6 Å². The predicted molar refractivity (Wildman–Crippen MR) is 72.8 cm³/mol. The Bertz CT molecular complexity index is 454. The number of nitrogens with one attached hydrogen (secondary N) is 1. The summed E-state index contributed by atoms with van der Waals surface area (Å²) in [7, 11) is 0. The number of hydrogen-bond donors (Lipinski definition) is 1. The molecule has 2 nitrogen and oxygen atoms in total. The maximum absolute atomic E-state index is 12.7. The molecular weight excluding hydrogens is 285 g/mol. The minimum atomic E-state index is -4.31. The van der Waals surface area contributed by atoms with Crippen molar-refractivity contribution in [1.29, 1.82) is 0 Å². The smallest absolute Gasteiger partial charge is 0.314 e. The van der Waals surface area contributed by atoms with Crippen LogP contribution in [0.2, 0.25) is 0 Å². The molecule has 2 aliphatic carbocycles. The number of alkyl halides is 3. The van der Waals surface area contributed by atoms with E-state index in [0.717, 1.165) is 42.0 Å². The Hall–Kier alpha value is -0.620. The molecular formula is C14H19F3N2S. The fourth-order valence-corrected chi connectivity index (χ4v) is 4.03. The predicted octanol–water partition coefficient (Wildman–Crippen LogP) is 4.19. The Balaban J connectivity index is 1.69. The second kappa shape index (κ2) is 5.64. The van der Waals surface area contributed by atoms with Crippen molar-refractivity contribution < 1.29 is 13.2 Å². The summed E-state index contributed by atoms with van der Waals surface area (Å²) in [4.78, 5) is 4.40. The fraction of sp³-hybridized carbons (Fsp3) is 0.786. The fourth-order valence-electron chi connectivity index (χ4n) is 3.02. The zero-order chi connectivity index (χ0) is 14.2. The van der Waals surface area contributed by atoms with Gasteiger partial charge in [0.1, 0.15) is 0 Å². The van der Waals surface area contributed by atoms with Gasteiger partial charge in [-0.1, -0.05) is 12.8 Å². The third kappa shape index (κ3) is 3.34. The van der Waals surface area contributed by atoms with Crippen molar-refractivity contribution in [1.82, 2.24) is 10.3 Å². The summed E-state index contributed by atoms with van der Waals surface area (Å²) in [6.45, 7) is 0.939. The Kier molecular flexibility index (Phi) is 4.04. The summed E-state index contributed by atoms with van der Waals surface area (Å²) in [6.07, 6.45) is 4.06. The van der Waals surface area contributed by atoms with Gasteiger partial charge in [-0.2, -0.15) is 13.2 Å². The molecule has 2 aliphatic rings. The second-order valence-corrected chi connectivity index (χ2v) is 6.96. The molecule has 0 radical (unpaired) electrons. The van der Waals surface area contributed by atoms with Gasteiger partial charge in [-0.05, 0) is 44.1 Å². The van der Waals surface area contributed by atoms with Gasteiger partial charge in [-0.3, -0.25) is 0 Å². The lowest BCUT2D eigenvalue weighted by Crippen LogP contribution is -2.30. The molecule has 112 valence electrons. The van der Waals surface area contributed by atoms with Crippen LogP contribution in [0.5, 0.6) is 0 Å². The molecule has 2 atom stereocenters. The molecule has 0 amide bonds. The van der Waals surface area contributed by atoms with Crippen LogP contribution in [0.4, 0.5) is 13.2 Å². The highest BCUT2D eigenvalue weighted by Crippen LogP contribution is 2.42. The van der Waals surface area contributed by atoms with Crippen LogP contribution in [0.1, 0.15) is 54.3 Å². The highest BCUT2D eigenvalue weighted by Gasteiger charge is 2.37. The number of rotatable bonds is 4. The Labute approximate surface area is 120 Å². The standard InChI is InChI=1S/C14H19F3N2S/c15-14(16,17)13-19-8-12(20-13)11-4-2-1-3-9(11)7-18-10-5-6-10/h8-11,18H,1-7H2. The SMILES string of the molecule is FC(F)(F)c1ncc(C2CCCCC2CNC2CC2)s1. The van der Waals surface area contributed by atoms with E-state index in [-0.39, 0.29) is 5.92 Å². The maximum Gasteiger partial charge on any atom is 0.443 e. The first-order chi connectivity index (χ1) is 9.54. The van der Waals surface area contributed by atoms with Crippen molar-refractivity contribution in [2.24, 2.45) is 5.92 Å². The summed E-state index contributed by atoms with van der Waals surface area (Å²) in [5.41, 5.74) is 0. The van der Waals surface area contributed by atoms with Crippen LogP contribution in [0.25, 0.3) is 0 Å². The average molecular weight is 304 g/mol. The third-order valence-corrected chi connectivity index (χ3v) is 5.46. The van der Waals surface area contributed by atoms with Crippen LogP contribution in [0, 0.1) is 5.92 Å². The van der Waals surface area contributed by atoms with E-state index in [1.165, 1.54) is 25.5 Å². The normalized spacial score (nSPS) is 27.8. The highest BCUT2D eigenvalue weighted by molar-refractivity contribution is 7.11. The second-order valence-electron chi connectivity index (χ2n) is 5.90. The molecule has 0 aliphatic heterocycles. The lowest BCUT2D eigenvalue weighted by atomic mass is 9.78. The zero-order valence-corrected chi connectivity index (χ0v) is 12.1. The Morgan fingerprint density at radius 3 is 2.60 bits per heavy atom. The van der Waals surface area contributed by atoms with Gasteiger partial charge in [0.05, 0.1) is 0 Å². The monoisotopic (exact) mass is 304 g/mol. The van der Waals surface area contributed by atoms with E-state index in [2.05, 4.69) is 10.3 Å². The van der Waals surface area contributed by atoms with Crippen LogP contribution in [0.15, 0.2) is 6.20 Å². The zero-order valence-electron chi connectivity index (χ0n) is 11.2. The van der Waals surface area contributed by atoms with E-state index >= 15 is 0 Å². The van der Waals surface area contributed by atoms with E-state index in [1.807, 2.05) is 0 Å². The molecule has 1 aromatic rings. The molecule has 2 unspecified atom stereocenters. The van der Waals surface area contributed by atoms with Gasteiger partial charge in [-0.25, -0.2) is 4.98 Å². The lowest BCUT2D eigenvalue weighted by Gasteiger charge is -2.31. The number of aromatic nitrogens is 1. The van der Waals surface area contributed by atoms with Gasteiger partial charge >= 0.3 is 6.18 Å². The minimum absolute atomic E-state index is 0.253.